The lowest BCUT2D eigenvalue weighted by atomic mass is 10.5. The Labute approximate surface area is 49.4 Å². The van der Waals surface area contributed by atoms with Crippen molar-refractivity contribution < 1.29 is 4.74 Å². The highest BCUT2D eigenvalue weighted by molar-refractivity contribution is 4.97. The highest BCUT2D eigenvalue weighted by Gasteiger charge is 2.43. The van der Waals surface area contributed by atoms with E-state index in [9.17, 15) is 0 Å². The third kappa shape index (κ3) is 0.565. The van der Waals surface area contributed by atoms with Crippen molar-refractivity contribution in [3.63, 3.8) is 0 Å². The number of morpholine rings is 1. The molecular weight excluding hydrogens is 102 g/mol. The molecule has 2 fully saturated rings. The van der Waals surface area contributed by atoms with Crippen LogP contribution in [0.2, 0.25) is 0 Å². The number of likely N-dealkylation sites (N-methyl/N-ethyl adjacent to an activating group) is 1. The number of ether oxygens (including phenoxy) is 1. The second-order valence-electron chi connectivity index (χ2n) is 2.69. The van der Waals surface area contributed by atoms with Gasteiger partial charge in [-0.3, -0.25) is 4.90 Å². The Balaban J connectivity index is 1.99. The van der Waals surface area contributed by atoms with E-state index in [1.165, 1.54) is 6.42 Å². The van der Waals surface area contributed by atoms with Crippen molar-refractivity contribution in [3.8, 4) is 0 Å². The summed E-state index contributed by atoms with van der Waals surface area (Å²) in [7, 11) is 2.17. The first-order valence-electron chi connectivity index (χ1n) is 3.20. The molecule has 0 bridgehead atoms. The van der Waals surface area contributed by atoms with Gasteiger partial charge in [0.05, 0.1) is 12.7 Å². The van der Waals surface area contributed by atoms with Crippen LogP contribution in [0.4, 0.5) is 0 Å². The minimum Gasteiger partial charge on any atom is -0.375 e. The fourth-order valence-corrected chi connectivity index (χ4v) is 1.32. The van der Waals surface area contributed by atoms with E-state index in [1.54, 1.807) is 0 Å². The quantitative estimate of drug-likeness (QED) is 0.441. The number of hydrogen-bond donors (Lipinski definition) is 0. The molecule has 1 aliphatic heterocycles. The standard InChI is InChI=1S/C6H11NO/c1-7-2-3-8-6-4-5(6)7/h5-6H,2-4H2,1H3. The van der Waals surface area contributed by atoms with Gasteiger partial charge in [-0.25, -0.2) is 0 Å². The predicted octanol–water partition coefficient (Wildman–Crippen LogP) is 0.0893. The van der Waals surface area contributed by atoms with Crippen LogP contribution >= 0.6 is 0 Å². The van der Waals surface area contributed by atoms with E-state index in [1.807, 2.05) is 0 Å². The van der Waals surface area contributed by atoms with Crippen molar-refractivity contribution >= 4 is 0 Å². The van der Waals surface area contributed by atoms with E-state index < -0.39 is 0 Å². The molecule has 2 nitrogen and oxygen atoms in total. The van der Waals surface area contributed by atoms with E-state index in [0.717, 1.165) is 19.2 Å². The maximum atomic E-state index is 5.38. The molecule has 0 N–H and O–H groups in total. The van der Waals surface area contributed by atoms with Crippen LogP contribution < -0.4 is 0 Å². The van der Waals surface area contributed by atoms with Gasteiger partial charge < -0.3 is 4.74 Å². The highest BCUT2D eigenvalue weighted by atomic mass is 16.5. The Morgan fingerprint density at radius 2 is 2.50 bits per heavy atom. The van der Waals surface area contributed by atoms with Crippen molar-refractivity contribution in [2.75, 3.05) is 20.2 Å². The summed E-state index contributed by atoms with van der Waals surface area (Å²) < 4.78 is 5.38. The van der Waals surface area contributed by atoms with Gasteiger partial charge in [0.25, 0.3) is 0 Å². The van der Waals surface area contributed by atoms with Crippen LogP contribution in [-0.2, 0) is 4.74 Å². The molecule has 0 aromatic heterocycles. The summed E-state index contributed by atoms with van der Waals surface area (Å²) in [5.41, 5.74) is 0. The molecule has 1 heterocycles. The lowest BCUT2D eigenvalue weighted by Gasteiger charge is -2.20. The van der Waals surface area contributed by atoms with Crippen molar-refractivity contribution in [1.29, 1.82) is 0 Å². The Bertz CT molecular complexity index is 105. The van der Waals surface area contributed by atoms with E-state index in [4.69, 9.17) is 4.74 Å². The molecule has 0 amide bonds. The Hall–Kier alpha value is -0.0800. The van der Waals surface area contributed by atoms with Gasteiger partial charge in [-0.1, -0.05) is 0 Å². The van der Waals surface area contributed by atoms with Crippen LogP contribution in [0.25, 0.3) is 0 Å². The molecule has 8 heavy (non-hydrogen) atoms. The van der Waals surface area contributed by atoms with Gasteiger partial charge >= 0.3 is 0 Å². The van der Waals surface area contributed by atoms with E-state index in [-0.39, 0.29) is 0 Å². The average Bonchev–Trinajstić information content (AvgIpc) is 2.45. The van der Waals surface area contributed by atoms with Crippen LogP contribution in [0.1, 0.15) is 6.42 Å². The van der Waals surface area contributed by atoms with Crippen LogP contribution in [-0.4, -0.2) is 37.2 Å². The van der Waals surface area contributed by atoms with Gasteiger partial charge in [0, 0.05) is 12.6 Å². The van der Waals surface area contributed by atoms with Crippen LogP contribution in [0.15, 0.2) is 0 Å². The second-order valence-corrected chi connectivity index (χ2v) is 2.69. The molecule has 2 unspecified atom stereocenters. The van der Waals surface area contributed by atoms with Crippen LogP contribution in [0, 0.1) is 0 Å². The molecule has 0 aromatic carbocycles. The maximum Gasteiger partial charge on any atom is 0.0747 e. The molecule has 0 radical (unpaired) electrons. The number of nitrogens with zero attached hydrogens (tertiary/aromatic N) is 1. The van der Waals surface area contributed by atoms with Gasteiger partial charge in [-0.15, -0.1) is 0 Å². The van der Waals surface area contributed by atoms with Gasteiger partial charge in [-0.2, -0.15) is 0 Å². The van der Waals surface area contributed by atoms with Crippen LogP contribution in [0.3, 0.4) is 0 Å². The topological polar surface area (TPSA) is 12.5 Å². The summed E-state index contributed by atoms with van der Waals surface area (Å²) in [6.45, 7) is 2.07. The zero-order chi connectivity index (χ0) is 5.56. The molecule has 2 rings (SSSR count). The molecule has 0 aromatic rings. The molecule has 2 heteroatoms. The van der Waals surface area contributed by atoms with Gasteiger partial charge in [0.1, 0.15) is 0 Å². The highest BCUT2D eigenvalue weighted by Crippen LogP contribution is 2.32. The number of hydrogen-bond acceptors (Lipinski definition) is 2. The first kappa shape index (κ1) is 4.77. The van der Waals surface area contributed by atoms with Gasteiger partial charge in [-0.05, 0) is 13.5 Å². The molecule has 1 saturated carbocycles. The molecular formula is C6H11NO. The fraction of sp³-hybridized carbons (Fsp3) is 1.00. The summed E-state index contributed by atoms with van der Waals surface area (Å²) in [5.74, 6) is 0. The zero-order valence-corrected chi connectivity index (χ0v) is 5.13. The number of fused-ring (bicyclic) bond motifs is 1. The summed E-state index contributed by atoms with van der Waals surface area (Å²) in [6, 6.07) is 0.781. The zero-order valence-electron chi connectivity index (χ0n) is 5.13. The lowest BCUT2D eigenvalue weighted by Crippen LogP contribution is -2.32. The Kier molecular flexibility index (Phi) is 0.866. The minimum atomic E-state index is 0.605. The Morgan fingerprint density at radius 1 is 1.62 bits per heavy atom. The van der Waals surface area contributed by atoms with Crippen LogP contribution in [0.5, 0.6) is 0 Å². The Morgan fingerprint density at radius 3 is 3.12 bits per heavy atom. The average molecular weight is 113 g/mol. The first-order chi connectivity index (χ1) is 3.88. The summed E-state index contributed by atoms with van der Waals surface area (Å²) in [4.78, 5) is 2.38. The third-order valence-corrected chi connectivity index (χ3v) is 2.04. The van der Waals surface area contributed by atoms with Crippen molar-refractivity contribution in [2.24, 2.45) is 0 Å². The summed E-state index contributed by atoms with van der Waals surface area (Å²) in [6.07, 6.45) is 1.88. The molecule has 2 aliphatic rings. The fourth-order valence-electron chi connectivity index (χ4n) is 1.32. The smallest absolute Gasteiger partial charge is 0.0747 e. The van der Waals surface area contributed by atoms with E-state index in [2.05, 4.69) is 11.9 Å². The monoisotopic (exact) mass is 113 g/mol. The SMILES string of the molecule is CN1CCOC2CC21. The summed E-state index contributed by atoms with van der Waals surface area (Å²) >= 11 is 0. The lowest BCUT2D eigenvalue weighted by molar-refractivity contribution is 0.0424. The first-order valence-corrected chi connectivity index (χ1v) is 3.20. The van der Waals surface area contributed by atoms with Crippen molar-refractivity contribution in [2.45, 2.75) is 18.6 Å². The molecule has 46 valence electrons. The van der Waals surface area contributed by atoms with Gasteiger partial charge in [0.2, 0.25) is 0 Å². The van der Waals surface area contributed by atoms with Crippen molar-refractivity contribution in [3.05, 3.63) is 0 Å². The maximum absolute atomic E-state index is 5.38. The normalized spacial score (nSPS) is 46.1. The predicted molar refractivity (Wildman–Crippen MR) is 30.8 cm³/mol. The molecule has 2 atom stereocenters. The van der Waals surface area contributed by atoms with Crippen molar-refractivity contribution in [1.82, 2.24) is 4.90 Å². The van der Waals surface area contributed by atoms with Gasteiger partial charge in [0.15, 0.2) is 0 Å². The second kappa shape index (κ2) is 1.45. The molecule has 0 spiro atoms. The van der Waals surface area contributed by atoms with E-state index >= 15 is 0 Å². The number of rotatable bonds is 0. The molecule has 1 saturated heterocycles. The third-order valence-electron chi connectivity index (χ3n) is 2.04. The summed E-state index contributed by atoms with van der Waals surface area (Å²) in [5, 5.41) is 0. The minimum absolute atomic E-state index is 0.605. The largest absolute Gasteiger partial charge is 0.375 e. The van der Waals surface area contributed by atoms with E-state index in [0.29, 0.717) is 6.10 Å². The molecule has 1 aliphatic carbocycles.